The van der Waals surface area contributed by atoms with Gasteiger partial charge in [0.2, 0.25) is 0 Å². The molecule has 0 aliphatic carbocycles. The van der Waals surface area contributed by atoms with Gasteiger partial charge >= 0.3 is 0 Å². The number of rotatable bonds is 3. The molecule has 2 unspecified atom stereocenters. The molecule has 1 aliphatic rings. The van der Waals surface area contributed by atoms with E-state index in [1.807, 2.05) is 11.8 Å². The van der Waals surface area contributed by atoms with E-state index in [9.17, 15) is 0 Å². The highest BCUT2D eigenvalue weighted by Gasteiger charge is 2.27. The van der Waals surface area contributed by atoms with Gasteiger partial charge in [0, 0.05) is 22.6 Å². The van der Waals surface area contributed by atoms with Crippen LogP contribution in [-0.4, -0.2) is 11.8 Å². The van der Waals surface area contributed by atoms with E-state index in [0.717, 1.165) is 12.2 Å². The number of hydrogen-bond acceptors (Lipinski definition) is 2. The SMILES string of the molecule is Cc1ccc(CC(N)C2CSc3ccccc32)cc1C. The molecule has 2 aromatic carbocycles. The Balaban J connectivity index is 1.77. The summed E-state index contributed by atoms with van der Waals surface area (Å²) in [6.07, 6.45) is 0.959. The van der Waals surface area contributed by atoms with Gasteiger partial charge < -0.3 is 5.73 Å². The van der Waals surface area contributed by atoms with Crippen molar-refractivity contribution < 1.29 is 0 Å². The van der Waals surface area contributed by atoms with E-state index in [2.05, 4.69) is 56.3 Å². The van der Waals surface area contributed by atoms with Crippen molar-refractivity contribution in [2.75, 3.05) is 5.75 Å². The van der Waals surface area contributed by atoms with Crippen molar-refractivity contribution in [2.24, 2.45) is 5.73 Å². The Morgan fingerprint density at radius 1 is 1.15 bits per heavy atom. The summed E-state index contributed by atoms with van der Waals surface area (Å²) in [5.74, 6) is 1.60. The highest BCUT2D eigenvalue weighted by Crippen LogP contribution is 2.41. The van der Waals surface area contributed by atoms with Gasteiger partial charge in [-0.3, -0.25) is 0 Å². The molecule has 2 aromatic rings. The van der Waals surface area contributed by atoms with Gasteiger partial charge in [0.05, 0.1) is 0 Å². The average Bonchev–Trinajstić information content (AvgIpc) is 2.87. The molecule has 3 rings (SSSR count). The van der Waals surface area contributed by atoms with Crippen LogP contribution in [0.1, 0.15) is 28.2 Å². The van der Waals surface area contributed by atoms with Crippen LogP contribution >= 0.6 is 11.8 Å². The minimum Gasteiger partial charge on any atom is -0.327 e. The van der Waals surface area contributed by atoms with Gasteiger partial charge in [0.1, 0.15) is 0 Å². The molecule has 0 radical (unpaired) electrons. The molecule has 0 amide bonds. The highest BCUT2D eigenvalue weighted by atomic mass is 32.2. The lowest BCUT2D eigenvalue weighted by molar-refractivity contribution is 0.572. The summed E-state index contributed by atoms with van der Waals surface area (Å²) in [4.78, 5) is 1.41. The van der Waals surface area contributed by atoms with Crippen molar-refractivity contribution in [1.29, 1.82) is 0 Å². The van der Waals surface area contributed by atoms with Gasteiger partial charge in [-0.25, -0.2) is 0 Å². The van der Waals surface area contributed by atoms with E-state index in [1.165, 1.54) is 27.1 Å². The normalized spacial score (nSPS) is 18.9. The Morgan fingerprint density at radius 2 is 1.95 bits per heavy atom. The topological polar surface area (TPSA) is 26.0 Å². The summed E-state index contributed by atoms with van der Waals surface area (Å²) in [5, 5.41) is 0. The molecule has 1 nitrogen and oxygen atoms in total. The summed E-state index contributed by atoms with van der Waals surface area (Å²) in [5.41, 5.74) is 12.0. The maximum atomic E-state index is 6.50. The number of fused-ring (bicyclic) bond motifs is 1. The summed E-state index contributed by atoms with van der Waals surface area (Å²) >= 11 is 1.94. The lowest BCUT2D eigenvalue weighted by atomic mass is 9.89. The Hall–Kier alpha value is -1.25. The molecule has 1 aliphatic heterocycles. The van der Waals surface area contributed by atoms with Crippen LogP contribution in [0.25, 0.3) is 0 Å². The van der Waals surface area contributed by atoms with E-state index in [1.54, 1.807) is 0 Å². The monoisotopic (exact) mass is 283 g/mol. The summed E-state index contributed by atoms with van der Waals surface area (Å²) in [6, 6.07) is 15.6. The fourth-order valence-electron chi connectivity index (χ4n) is 2.89. The Labute approximate surface area is 125 Å². The fraction of sp³-hybridized carbons (Fsp3) is 0.333. The Bertz CT molecular complexity index is 621. The zero-order valence-corrected chi connectivity index (χ0v) is 12.9. The summed E-state index contributed by atoms with van der Waals surface area (Å²) in [6.45, 7) is 4.33. The molecule has 2 N–H and O–H groups in total. The standard InChI is InChI=1S/C18H21NS/c1-12-7-8-14(9-13(12)2)10-17(19)16-11-20-18-6-4-3-5-15(16)18/h3-9,16-17H,10-11,19H2,1-2H3. The zero-order chi connectivity index (χ0) is 14.1. The Kier molecular flexibility index (Phi) is 3.86. The minimum atomic E-state index is 0.202. The number of benzene rings is 2. The second kappa shape index (κ2) is 5.63. The molecule has 2 atom stereocenters. The highest BCUT2D eigenvalue weighted by molar-refractivity contribution is 7.99. The first-order valence-corrected chi connectivity index (χ1v) is 8.17. The van der Waals surface area contributed by atoms with E-state index in [4.69, 9.17) is 5.73 Å². The van der Waals surface area contributed by atoms with Gasteiger partial charge in [0.15, 0.2) is 0 Å². The molecule has 0 fully saturated rings. The molecule has 0 spiro atoms. The third-order valence-corrected chi connectivity index (χ3v) is 5.51. The third kappa shape index (κ3) is 2.63. The van der Waals surface area contributed by atoms with Crippen LogP contribution in [0.3, 0.4) is 0 Å². The van der Waals surface area contributed by atoms with E-state index in [-0.39, 0.29) is 6.04 Å². The molecule has 104 valence electrons. The average molecular weight is 283 g/mol. The molecular formula is C18H21NS. The molecule has 0 saturated carbocycles. The van der Waals surface area contributed by atoms with Crippen LogP contribution in [0, 0.1) is 13.8 Å². The first-order valence-electron chi connectivity index (χ1n) is 7.18. The second-order valence-electron chi connectivity index (χ2n) is 5.74. The lowest BCUT2D eigenvalue weighted by Crippen LogP contribution is -2.30. The molecule has 0 saturated heterocycles. The fourth-order valence-corrected chi connectivity index (χ4v) is 4.23. The zero-order valence-electron chi connectivity index (χ0n) is 12.1. The largest absolute Gasteiger partial charge is 0.327 e. The first kappa shape index (κ1) is 13.7. The van der Waals surface area contributed by atoms with Gasteiger partial charge in [-0.2, -0.15) is 0 Å². The number of thioether (sulfide) groups is 1. The van der Waals surface area contributed by atoms with Crippen LogP contribution in [0.2, 0.25) is 0 Å². The smallest absolute Gasteiger partial charge is 0.0157 e. The van der Waals surface area contributed by atoms with Crippen LogP contribution in [0.15, 0.2) is 47.4 Å². The quantitative estimate of drug-likeness (QED) is 0.919. The summed E-state index contributed by atoms with van der Waals surface area (Å²) < 4.78 is 0. The van der Waals surface area contributed by atoms with Crippen molar-refractivity contribution in [2.45, 2.75) is 37.1 Å². The lowest BCUT2D eigenvalue weighted by Gasteiger charge is -2.20. The molecule has 20 heavy (non-hydrogen) atoms. The predicted octanol–water partition coefficient (Wildman–Crippen LogP) is 4.06. The van der Waals surface area contributed by atoms with Gasteiger partial charge in [-0.1, -0.05) is 36.4 Å². The van der Waals surface area contributed by atoms with Gasteiger partial charge in [0.25, 0.3) is 0 Å². The predicted molar refractivity (Wildman–Crippen MR) is 87.5 cm³/mol. The molecular weight excluding hydrogens is 262 g/mol. The maximum Gasteiger partial charge on any atom is 0.0157 e. The minimum absolute atomic E-state index is 0.202. The molecule has 0 bridgehead atoms. The van der Waals surface area contributed by atoms with Gasteiger partial charge in [-0.05, 0) is 48.6 Å². The van der Waals surface area contributed by atoms with E-state index >= 15 is 0 Å². The molecule has 2 heteroatoms. The van der Waals surface area contributed by atoms with Crippen molar-refractivity contribution >= 4 is 11.8 Å². The van der Waals surface area contributed by atoms with Crippen LogP contribution in [0.4, 0.5) is 0 Å². The maximum absolute atomic E-state index is 6.50. The van der Waals surface area contributed by atoms with Crippen molar-refractivity contribution in [3.05, 3.63) is 64.7 Å². The van der Waals surface area contributed by atoms with Crippen molar-refractivity contribution in [3.8, 4) is 0 Å². The van der Waals surface area contributed by atoms with E-state index in [0.29, 0.717) is 5.92 Å². The Morgan fingerprint density at radius 3 is 2.75 bits per heavy atom. The summed E-state index contributed by atoms with van der Waals surface area (Å²) in [7, 11) is 0. The number of nitrogens with two attached hydrogens (primary N) is 1. The van der Waals surface area contributed by atoms with Crippen LogP contribution < -0.4 is 5.73 Å². The van der Waals surface area contributed by atoms with Crippen LogP contribution in [0.5, 0.6) is 0 Å². The first-order chi connectivity index (χ1) is 9.65. The molecule has 1 heterocycles. The van der Waals surface area contributed by atoms with Crippen molar-refractivity contribution in [1.82, 2.24) is 0 Å². The number of hydrogen-bond donors (Lipinski definition) is 1. The number of aryl methyl sites for hydroxylation is 2. The molecule has 0 aromatic heterocycles. The van der Waals surface area contributed by atoms with Gasteiger partial charge in [-0.15, -0.1) is 11.8 Å². The second-order valence-corrected chi connectivity index (χ2v) is 6.80. The third-order valence-electron chi connectivity index (χ3n) is 4.30. The van der Waals surface area contributed by atoms with E-state index < -0.39 is 0 Å². The van der Waals surface area contributed by atoms with Crippen LogP contribution in [-0.2, 0) is 6.42 Å². The van der Waals surface area contributed by atoms with Crippen molar-refractivity contribution in [3.63, 3.8) is 0 Å².